The molecule has 0 spiro atoms. The molecule has 2 aliphatic rings. The minimum Gasteiger partial charge on any atom is -0.340 e. The van der Waals surface area contributed by atoms with E-state index in [0.29, 0.717) is 19.4 Å². The molecule has 2 heterocycles. The summed E-state index contributed by atoms with van der Waals surface area (Å²) in [6, 6.07) is 8.15. The minimum absolute atomic E-state index is 0.135. The van der Waals surface area contributed by atoms with E-state index in [4.69, 9.17) is 0 Å². The van der Waals surface area contributed by atoms with Crippen molar-refractivity contribution in [2.45, 2.75) is 32.7 Å². The van der Waals surface area contributed by atoms with Crippen LogP contribution in [-0.2, 0) is 9.59 Å². The van der Waals surface area contributed by atoms with Crippen LogP contribution in [0.5, 0.6) is 0 Å². The topological polar surface area (TPSA) is 43.9 Å². The summed E-state index contributed by atoms with van der Waals surface area (Å²) in [6.07, 6.45) is 1.12. The summed E-state index contributed by atoms with van der Waals surface area (Å²) in [5, 5.41) is 0. The summed E-state index contributed by atoms with van der Waals surface area (Å²) in [4.78, 5) is 31.9. The van der Waals surface area contributed by atoms with E-state index in [2.05, 4.69) is 43.1 Å². The Kier molecular flexibility index (Phi) is 5.42. The second kappa shape index (κ2) is 7.56. The molecule has 2 aliphatic heterocycles. The van der Waals surface area contributed by atoms with Gasteiger partial charge in [-0.3, -0.25) is 9.59 Å². The molecular weight excluding hydrogens is 314 g/mol. The molecule has 0 bridgehead atoms. The van der Waals surface area contributed by atoms with Crippen LogP contribution in [0.1, 0.15) is 36.9 Å². The first-order valence-electron chi connectivity index (χ1n) is 9.34. The van der Waals surface area contributed by atoms with E-state index in [1.807, 2.05) is 16.7 Å². The summed E-state index contributed by atoms with van der Waals surface area (Å²) < 4.78 is 0. The molecule has 1 aromatic carbocycles. The van der Waals surface area contributed by atoms with E-state index in [1.54, 1.807) is 0 Å². The van der Waals surface area contributed by atoms with E-state index >= 15 is 0 Å². The van der Waals surface area contributed by atoms with Gasteiger partial charge in [-0.1, -0.05) is 29.8 Å². The highest BCUT2D eigenvalue weighted by Crippen LogP contribution is 2.38. The molecule has 0 saturated carbocycles. The lowest BCUT2D eigenvalue weighted by atomic mass is 9.83. The third-order valence-corrected chi connectivity index (χ3v) is 5.60. The monoisotopic (exact) mass is 343 g/mol. The first kappa shape index (κ1) is 17.9. The Bertz CT molecular complexity index is 620. The van der Waals surface area contributed by atoms with Crippen LogP contribution in [0.3, 0.4) is 0 Å². The second-order valence-corrected chi connectivity index (χ2v) is 7.31. The van der Waals surface area contributed by atoms with Crippen molar-refractivity contribution in [1.82, 2.24) is 14.7 Å². The van der Waals surface area contributed by atoms with E-state index in [9.17, 15) is 9.59 Å². The number of carbonyl (C=O) groups is 2. The summed E-state index contributed by atoms with van der Waals surface area (Å²) in [5.41, 5.74) is 2.27. The van der Waals surface area contributed by atoms with Gasteiger partial charge in [0, 0.05) is 39.1 Å². The van der Waals surface area contributed by atoms with Crippen molar-refractivity contribution in [2.75, 3.05) is 39.8 Å². The van der Waals surface area contributed by atoms with Crippen LogP contribution >= 0.6 is 0 Å². The maximum Gasteiger partial charge on any atom is 0.228 e. The summed E-state index contributed by atoms with van der Waals surface area (Å²) in [7, 11) is 2.09. The molecule has 0 aromatic heterocycles. The fourth-order valence-electron chi connectivity index (χ4n) is 4.02. The molecule has 0 radical (unpaired) electrons. The second-order valence-electron chi connectivity index (χ2n) is 7.31. The first-order valence-corrected chi connectivity index (χ1v) is 9.34. The fraction of sp³-hybridized carbons (Fsp3) is 0.600. The van der Waals surface area contributed by atoms with Crippen molar-refractivity contribution in [1.29, 1.82) is 0 Å². The lowest BCUT2D eigenvalue weighted by molar-refractivity contribution is -0.148. The number of benzene rings is 1. The van der Waals surface area contributed by atoms with Gasteiger partial charge in [0.2, 0.25) is 11.8 Å². The molecule has 5 nitrogen and oxygen atoms in total. The number of piperazine rings is 1. The maximum absolute atomic E-state index is 13.2. The zero-order valence-corrected chi connectivity index (χ0v) is 15.6. The molecule has 2 fully saturated rings. The summed E-state index contributed by atoms with van der Waals surface area (Å²) >= 11 is 0. The van der Waals surface area contributed by atoms with Gasteiger partial charge in [-0.15, -0.1) is 0 Å². The highest BCUT2D eigenvalue weighted by molar-refractivity contribution is 5.85. The molecule has 0 unspecified atom stereocenters. The molecule has 0 N–H and O–H groups in total. The molecular formula is C20H29N3O2. The number of hydrogen-bond acceptors (Lipinski definition) is 3. The van der Waals surface area contributed by atoms with E-state index in [0.717, 1.165) is 31.7 Å². The Morgan fingerprint density at radius 2 is 1.76 bits per heavy atom. The standard InChI is InChI=1S/C20H29N3O2/c1-4-23-18(24)10-9-17(19(23)16-7-5-15(2)6-8-16)20(25)22-13-11-21(3)12-14-22/h5-8,17,19H,4,9-14H2,1-3H3/t17-,19+/m1/s1. The average Bonchev–Trinajstić information content (AvgIpc) is 2.62. The largest absolute Gasteiger partial charge is 0.340 e. The maximum atomic E-state index is 13.2. The van der Waals surface area contributed by atoms with Gasteiger partial charge in [-0.2, -0.15) is 0 Å². The minimum atomic E-state index is -0.140. The van der Waals surface area contributed by atoms with E-state index in [1.165, 1.54) is 5.56 Å². The number of piperidine rings is 1. The van der Waals surface area contributed by atoms with Crippen molar-refractivity contribution in [3.63, 3.8) is 0 Å². The van der Waals surface area contributed by atoms with E-state index < -0.39 is 0 Å². The van der Waals surface area contributed by atoms with Crippen LogP contribution < -0.4 is 0 Å². The van der Waals surface area contributed by atoms with Crippen molar-refractivity contribution < 1.29 is 9.59 Å². The molecule has 1 aromatic rings. The van der Waals surface area contributed by atoms with Gasteiger partial charge in [-0.25, -0.2) is 0 Å². The van der Waals surface area contributed by atoms with Crippen molar-refractivity contribution in [2.24, 2.45) is 5.92 Å². The molecule has 25 heavy (non-hydrogen) atoms. The number of aryl methyl sites for hydroxylation is 1. The first-order chi connectivity index (χ1) is 12.0. The number of carbonyl (C=O) groups excluding carboxylic acids is 2. The number of nitrogens with zero attached hydrogens (tertiary/aromatic N) is 3. The Morgan fingerprint density at radius 1 is 1.12 bits per heavy atom. The SMILES string of the molecule is CCN1C(=O)CC[C@@H](C(=O)N2CCN(C)CC2)[C@@H]1c1ccc(C)cc1. The molecule has 5 heteroatoms. The number of rotatable bonds is 3. The quantitative estimate of drug-likeness (QED) is 0.844. The van der Waals surface area contributed by atoms with Gasteiger partial charge in [-0.05, 0) is 32.9 Å². The zero-order valence-electron chi connectivity index (χ0n) is 15.6. The Balaban J connectivity index is 1.88. The van der Waals surface area contributed by atoms with Crippen LogP contribution in [0.25, 0.3) is 0 Å². The Hall–Kier alpha value is -1.88. The molecule has 2 amide bonds. The van der Waals surface area contributed by atoms with Crippen LogP contribution in [0, 0.1) is 12.8 Å². The predicted molar refractivity (Wildman–Crippen MR) is 98.1 cm³/mol. The van der Waals surface area contributed by atoms with Gasteiger partial charge in [0.05, 0.1) is 12.0 Å². The number of amides is 2. The van der Waals surface area contributed by atoms with Crippen molar-refractivity contribution in [3.05, 3.63) is 35.4 Å². The van der Waals surface area contributed by atoms with Crippen LogP contribution in [-0.4, -0.2) is 66.3 Å². The molecule has 2 saturated heterocycles. The summed E-state index contributed by atoms with van der Waals surface area (Å²) in [6.45, 7) is 8.11. The Morgan fingerprint density at radius 3 is 2.36 bits per heavy atom. The average molecular weight is 343 g/mol. The third-order valence-electron chi connectivity index (χ3n) is 5.60. The highest BCUT2D eigenvalue weighted by Gasteiger charge is 2.41. The molecule has 0 aliphatic carbocycles. The third kappa shape index (κ3) is 3.71. The number of hydrogen-bond donors (Lipinski definition) is 0. The number of likely N-dealkylation sites (N-methyl/N-ethyl adjacent to an activating group) is 1. The van der Waals surface area contributed by atoms with Gasteiger partial charge in [0.1, 0.15) is 0 Å². The van der Waals surface area contributed by atoms with Crippen LogP contribution in [0.2, 0.25) is 0 Å². The summed E-state index contributed by atoms with van der Waals surface area (Å²) in [5.74, 6) is 0.240. The fourth-order valence-corrected chi connectivity index (χ4v) is 4.02. The van der Waals surface area contributed by atoms with E-state index in [-0.39, 0.29) is 23.8 Å². The highest BCUT2D eigenvalue weighted by atomic mass is 16.2. The molecule has 136 valence electrons. The Labute approximate surface area is 150 Å². The lowest BCUT2D eigenvalue weighted by Crippen LogP contribution is -2.53. The van der Waals surface area contributed by atoms with Gasteiger partial charge < -0.3 is 14.7 Å². The van der Waals surface area contributed by atoms with Crippen LogP contribution in [0.4, 0.5) is 0 Å². The van der Waals surface area contributed by atoms with Crippen LogP contribution in [0.15, 0.2) is 24.3 Å². The molecule has 3 rings (SSSR count). The smallest absolute Gasteiger partial charge is 0.228 e. The molecule has 2 atom stereocenters. The normalized spacial score (nSPS) is 25.3. The van der Waals surface area contributed by atoms with Gasteiger partial charge >= 0.3 is 0 Å². The number of likely N-dealkylation sites (tertiary alicyclic amines) is 1. The van der Waals surface area contributed by atoms with Crippen molar-refractivity contribution >= 4 is 11.8 Å². The van der Waals surface area contributed by atoms with Crippen molar-refractivity contribution in [3.8, 4) is 0 Å². The predicted octanol–water partition coefficient (Wildman–Crippen LogP) is 2.07. The lowest BCUT2D eigenvalue weighted by Gasteiger charge is -2.43. The van der Waals surface area contributed by atoms with Gasteiger partial charge in [0.15, 0.2) is 0 Å². The zero-order chi connectivity index (χ0) is 18.0. The van der Waals surface area contributed by atoms with Gasteiger partial charge in [0.25, 0.3) is 0 Å².